The van der Waals surface area contributed by atoms with Gasteiger partial charge in [0.1, 0.15) is 5.82 Å². The molecule has 0 spiro atoms. The Hall–Kier alpha value is -2.62. The highest BCUT2D eigenvalue weighted by Gasteiger charge is 2.32. The molecule has 6 nitrogen and oxygen atoms in total. The fourth-order valence-electron chi connectivity index (χ4n) is 4.32. The van der Waals surface area contributed by atoms with Gasteiger partial charge >= 0.3 is 0 Å². The number of hydrogen-bond donors (Lipinski definition) is 1. The van der Waals surface area contributed by atoms with Crippen molar-refractivity contribution < 1.29 is 17.6 Å². The number of aryl methyl sites for hydroxylation is 2. The highest BCUT2D eigenvalue weighted by atomic mass is 32.2. The third-order valence-corrected chi connectivity index (χ3v) is 9.04. The molecule has 1 saturated heterocycles. The maximum atomic E-state index is 13.1. The Kier molecular flexibility index (Phi) is 5.56. The van der Waals surface area contributed by atoms with E-state index in [4.69, 9.17) is 0 Å². The second kappa shape index (κ2) is 8.38. The SMILES string of the molecule is O=C(Nc1nc2c(s1)CCc1ccccc1-2)C1CCN(S(=O)(=O)c2ccc(F)cc2)CC1. The van der Waals surface area contributed by atoms with Gasteiger partial charge in [0.15, 0.2) is 5.13 Å². The molecule has 0 atom stereocenters. The lowest BCUT2D eigenvalue weighted by molar-refractivity contribution is -0.120. The van der Waals surface area contributed by atoms with Gasteiger partial charge in [-0.1, -0.05) is 24.3 Å². The molecule has 2 aromatic carbocycles. The van der Waals surface area contributed by atoms with Crippen LogP contribution in [0.2, 0.25) is 0 Å². The van der Waals surface area contributed by atoms with Gasteiger partial charge < -0.3 is 5.32 Å². The predicted octanol–water partition coefficient (Wildman–Crippen LogP) is 4.09. The molecule has 2 heterocycles. The number of anilines is 1. The fourth-order valence-corrected chi connectivity index (χ4v) is 6.77. The highest BCUT2D eigenvalue weighted by Crippen LogP contribution is 2.38. The van der Waals surface area contributed by atoms with Crippen LogP contribution >= 0.6 is 11.3 Å². The zero-order valence-electron chi connectivity index (χ0n) is 17.3. The van der Waals surface area contributed by atoms with Gasteiger partial charge in [0.25, 0.3) is 0 Å². The molecule has 3 aromatic rings. The average Bonchev–Trinajstić information content (AvgIpc) is 3.22. The van der Waals surface area contributed by atoms with E-state index in [9.17, 15) is 17.6 Å². The molecular weight excluding hydrogens is 449 g/mol. The van der Waals surface area contributed by atoms with E-state index in [1.165, 1.54) is 38.2 Å². The minimum absolute atomic E-state index is 0.0652. The summed E-state index contributed by atoms with van der Waals surface area (Å²) in [6.07, 6.45) is 2.75. The lowest BCUT2D eigenvalue weighted by atomic mass is 9.94. The molecule has 9 heteroatoms. The summed E-state index contributed by atoms with van der Waals surface area (Å²) in [5.74, 6) is -0.877. The molecule has 1 amide bonds. The van der Waals surface area contributed by atoms with E-state index in [2.05, 4.69) is 22.4 Å². The van der Waals surface area contributed by atoms with E-state index in [1.54, 1.807) is 0 Å². The van der Waals surface area contributed by atoms with E-state index in [0.717, 1.165) is 36.2 Å². The van der Waals surface area contributed by atoms with Crippen LogP contribution in [0, 0.1) is 11.7 Å². The van der Waals surface area contributed by atoms with E-state index >= 15 is 0 Å². The Balaban J connectivity index is 1.23. The zero-order chi connectivity index (χ0) is 22.3. The molecule has 1 N–H and O–H groups in total. The smallest absolute Gasteiger partial charge is 0.243 e. The van der Waals surface area contributed by atoms with Crippen molar-refractivity contribution in [1.29, 1.82) is 0 Å². The van der Waals surface area contributed by atoms with Gasteiger partial charge in [-0.3, -0.25) is 4.79 Å². The number of amides is 1. The number of halogens is 1. The lowest BCUT2D eigenvalue weighted by Crippen LogP contribution is -2.41. The van der Waals surface area contributed by atoms with Crippen molar-refractivity contribution in [1.82, 2.24) is 9.29 Å². The Labute approximate surface area is 190 Å². The summed E-state index contributed by atoms with van der Waals surface area (Å²) in [4.78, 5) is 18.8. The van der Waals surface area contributed by atoms with Crippen molar-refractivity contribution in [2.45, 2.75) is 30.6 Å². The van der Waals surface area contributed by atoms with Crippen molar-refractivity contribution in [2.75, 3.05) is 18.4 Å². The van der Waals surface area contributed by atoms with Crippen LogP contribution in [-0.2, 0) is 27.7 Å². The van der Waals surface area contributed by atoms with Crippen LogP contribution in [0.5, 0.6) is 0 Å². The molecule has 0 bridgehead atoms. The summed E-state index contributed by atoms with van der Waals surface area (Å²) in [6.45, 7) is 0.499. The fraction of sp³-hybridized carbons (Fsp3) is 0.304. The number of nitrogens with one attached hydrogen (secondary N) is 1. The third kappa shape index (κ3) is 3.96. The molecule has 5 rings (SSSR count). The summed E-state index contributed by atoms with van der Waals surface area (Å²) in [5.41, 5.74) is 3.36. The monoisotopic (exact) mass is 471 g/mol. The van der Waals surface area contributed by atoms with Gasteiger partial charge in [0.05, 0.1) is 10.6 Å². The first kappa shape index (κ1) is 21.2. The number of benzene rings is 2. The summed E-state index contributed by atoms with van der Waals surface area (Å²) >= 11 is 1.51. The Morgan fingerprint density at radius 3 is 2.53 bits per heavy atom. The molecule has 0 saturated carbocycles. The second-order valence-electron chi connectivity index (χ2n) is 8.07. The average molecular weight is 472 g/mol. The molecule has 1 aliphatic carbocycles. The molecule has 0 radical (unpaired) electrons. The third-order valence-electron chi connectivity index (χ3n) is 6.10. The van der Waals surface area contributed by atoms with Gasteiger partial charge in [-0.25, -0.2) is 17.8 Å². The van der Waals surface area contributed by atoms with Crippen molar-refractivity contribution in [3.05, 3.63) is 64.8 Å². The number of rotatable bonds is 4. The maximum Gasteiger partial charge on any atom is 0.243 e. The predicted molar refractivity (Wildman–Crippen MR) is 121 cm³/mol. The summed E-state index contributed by atoms with van der Waals surface area (Å²) < 4.78 is 40.0. The van der Waals surface area contributed by atoms with Crippen LogP contribution in [0.3, 0.4) is 0 Å². The minimum atomic E-state index is -3.69. The van der Waals surface area contributed by atoms with Crippen LogP contribution < -0.4 is 5.32 Å². The molecule has 0 unspecified atom stereocenters. The van der Waals surface area contributed by atoms with Crippen LogP contribution in [0.4, 0.5) is 9.52 Å². The molecule has 1 aliphatic heterocycles. The number of nitrogens with zero attached hydrogens (tertiary/aromatic N) is 2. The molecule has 1 fully saturated rings. The first-order valence-electron chi connectivity index (χ1n) is 10.6. The molecule has 166 valence electrons. The molecule has 1 aromatic heterocycles. The lowest BCUT2D eigenvalue weighted by Gasteiger charge is -2.30. The van der Waals surface area contributed by atoms with Crippen LogP contribution in [-0.4, -0.2) is 36.7 Å². The topological polar surface area (TPSA) is 79.4 Å². The minimum Gasteiger partial charge on any atom is -0.302 e. The number of hydrogen-bond acceptors (Lipinski definition) is 5. The number of piperidine rings is 1. The highest BCUT2D eigenvalue weighted by molar-refractivity contribution is 7.89. The summed E-state index contributed by atoms with van der Waals surface area (Å²) in [5, 5.41) is 3.55. The maximum absolute atomic E-state index is 13.1. The van der Waals surface area contributed by atoms with Crippen molar-refractivity contribution in [3.8, 4) is 11.3 Å². The number of carbonyl (C=O) groups excluding carboxylic acids is 1. The Morgan fingerprint density at radius 2 is 1.78 bits per heavy atom. The Bertz CT molecular complexity index is 1260. The number of aromatic nitrogens is 1. The quantitative estimate of drug-likeness (QED) is 0.622. The largest absolute Gasteiger partial charge is 0.302 e. The summed E-state index contributed by atoms with van der Waals surface area (Å²) in [7, 11) is -3.69. The molecule has 2 aliphatic rings. The van der Waals surface area contributed by atoms with Gasteiger partial charge in [-0.05, 0) is 55.5 Å². The van der Waals surface area contributed by atoms with E-state index < -0.39 is 15.8 Å². The number of sulfonamides is 1. The normalized spacial score (nSPS) is 16.9. The van der Waals surface area contributed by atoms with Gasteiger partial charge in [-0.15, -0.1) is 11.3 Å². The van der Waals surface area contributed by atoms with Crippen LogP contribution in [0.15, 0.2) is 53.4 Å². The number of thiazole rings is 1. The molecule has 32 heavy (non-hydrogen) atoms. The second-order valence-corrected chi connectivity index (χ2v) is 11.1. The first-order valence-corrected chi connectivity index (χ1v) is 12.8. The van der Waals surface area contributed by atoms with Crippen LogP contribution in [0.25, 0.3) is 11.3 Å². The van der Waals surface area contributed by atoms with E-state index in [-0.39, 0.29) is 29.8 Å². The number of fused-ring (bicyclic) bond motifs is 3. The van der Waals surface area contributed by atoms with Crippen molar-refractivity contribution >= 4 is 32.4 Å². The van der Waals surface area contributed by atoms with Crippen molar-refractivity contribution in [3.63, 3.8) is 0 Å². The zero-order valence-corrected chi connectivity index (χ0v) is 18.9. The Morgan fingerprint density at radius 1 is 1.06 bits per heavy atom. The summed E-state index contributed by atoms with van der Waals surface area (Å²) in [6, 6.07) is 13.0. The number of carbonyl (C=O) groups is 1. The van der Waals surface area contributed by atoms with Gasteiger partial charge in [0, 0.05) is 29.4 Å². The standard InChI is InChI=1S/C23H22FN3O3S2/c24-17-6-8-18(9-7-17)32(29,30)27-13-11-16(12-14-27)22(28)26-23-25-21-19-4-2-1-3-15(19)5-10-20(21)31-23/h1-4,6-9,16H,5,10-14H2,(H,25,26,28). The van der Waals surface area contributed by atoms with Gasteiger partial charge in [0.2, 0.25) is 15.9 Å². The van der Waals surface area contributed by atoms with Crippen molar-refractivity contribution in [2.24, 2.45) is 5.92 Å². The molecular formula is C23H22FN3O3S2. The van der Waals surface area contributed by atoms with Gasteiger partial charge in [-0.2, -0.15) is 4.31 Å². The first-order chi connectivity index (χ1) is 15.4. The van der Waals surface area contributed by atoms with E-state index in [0.29, 0.717) is 18.0 Å². The van der Waals surface area contributed by atoms with E-state index in [1.807, 2.05) is 12.1 Å². The van der Waals surface area contributed by atoms with Crippen LogP contribution in [0.1, 0.15) is 23.3 Å².